The second-order valence-electron chi connectivity index (χ2n) is 8.51. The summed E-state index contributed by atoms with van der Waals surface area (Å²) in [5.74, 6) is 1.21. The van der Waals surface area contributed by atoms with E-state index in [1.54, 1.807) is 35.2 Å². The van der Waals surface area contributed by atoms with Crippen molar-refractivity contribution in [1.82, 2.24) is 14.9 Å². The maximum atomic E-state index is 13.3. The van der Waals surface area contributed by atoms with E-state index in [0.29, 0.717) is 61.0 Å². The van der Waals surface area contributed by atoms with E-state index in [1.165, 1.54) is 12.1 Å². The summed E-state index contributed by atoms with van der Waals surface area (Å²) in [6, 6.07) is 12.4. The van der Waals surface area contributed by atoms with Crippen LogP contribution in [-0.4, -0.2) is 47.0 Å². The summed E-state index contributed by atoms with van der Waals surface area (Å²) >= 11 is 6.21. The maximum Gasteiger partial charge on any atom is 0.416 e. The lowest BCUT2D eigenvalue weighted by Gasteiger charge is -2.36. The Balaban J connectivity index is 1.58. The molecule has 0 atom stereocenters. The van der Waals surface area contributed by atoms with Crippen molar-refractivity contribution >= 4 is 23.3 Å². The lowest BCUT2D eigenvalue weighted by atomic mass is 10.00. The van der Waals surface area contributed by atoms with Gasteiger partial charge in [-0.25, -0.2) is 9.97 Å². The van der Waals surface area contributed by atoms with Gasteiger partial charge < -0.3 is 9.80 Å². The first kappa shape index (κ1) is 25.0. The van der Waals surface area contributed by atoms with Gasteiger partial charge in [-0.05, 0) is 37.1 Å². The van der Waals surface area contributed by atoms with Gasteiger partial charge in [0.15, 0.2) is 0 Å². The van der Waals surface area contributed by atoms with Crippen molar-refractivity contribution in [2.75, 3.05) is 31.1 Å². The quantitative estimate of drug-likeness (QED) is 0.457. The summed E-state index contributed by atoms with van der Waals surface area (Å²) in [6.07, 6.45) is -3.47. The number of piperazine rings is 1. The average Bonchev–Trinajstić information content (AvgIpc) is 2.84. The number of nitrogens with zero attached hydrogens (tertiary/aromatic N) is 4. The van der Waals surface area contributed by atoms with E-state index < -0.39 is 11.7 Å². The Morgan fingerprint density at radius 1 is 1.03 bits per heavy atom. The molecule has 1 aliphatic rings. The topological polar surface area (TPSA) is 49.3 Å². The van der Waals surface area contributed by atoms with E-state index in [9.17, 15) is 18.0 Å². The van der Waals surface area contributed by atoms with Crippen LogP contribution >= 0.6 is 11.6 Å². The number of aromatic nitrogens is 2. The summed E-state index contributed by atoms with van der Waals surface area (Å²) < 4.78 is 39.8. The van der Waals surface area contributed by atoms with Gasteiger partial charge in [0.05, 0.1) is 16.1 Å². The van der Waals surface area contributed by atoms with Crippen molar-refractivity contribution in [2.45, 2.75) is 32.9 Å². The average molecular weight is 503 g/mol. The summed E-state index contributed by atoms with van der Waals surface area (Å²) in [4.78, 5) is 26.0. The van der Waals surface area contributed by atoms with E-state index in [2.05, 4.69) is 14.9 Å². The molecular weight excluding hydrogens is 477 g/mol. The van der Waals surface area contributed by atoms with Gasteiger partial charge in [-0.1, -0.05) is 48.9 Å². The number of rotatable bonds is 5. The first-order valence-corrected chi connectivity index (χ1v) is 11.9. The van der Waals surface area contributed by atoms with Crippen LogP contribution < -0.4 is 4.90 Å². The lowest BCUT2D eigenvalue weighted by molar-refractivity contribution is -0.137. The van der Waals surface area contributed by atoms with Crippen molar-refractivity contribution in [3.63, 3.8) is 0 Å². The zero-order valence-corrected chi connectivity index (χ0v) is 20.3. The van der Waals surface area contributed by atoms with Crippen molar-refractivity contribution in [1.29, 1.82) is 0 Å². The molecule has 2 heterocycles. The first-order valence-electron chi connectivity index (χ1n) is 11.5. The number of aryl methyl sites for hydroxylation is 2. The minimum absolute atomic E-state index is 0.118. The zero-order valence-electron chi connectivity index (χ0n) is 19.6. The number of carbonyl (C=O) groups is 1. The molecule has 1 aromatic heterocycles. The molecular formula is C26H26ClF3N4O. The molecule has 5 nitrogen and oxygen atoms in total. The number of carbonyl (C=O) groups excluding carboxylic acids is 1. The molecule has 2 aromatic carbocycles. The zero-order chi connectivity index (χ0) is 25.2. The highest BCUT2D eigenvalue weighted by Gasteiger charge is 2.31. The third-order valence-electron chi connectivity index (χ3n) is 6.12. The first-order chi connectivity index (χ1) is 16.7. The largest absolute Gasteiger partial charge is 0.416 e. The minimum atomic E-state index is -4.40. The van der Waals surface area contributed by atoms with E-state index in [-0.39, 0.29) is 5.91 Å². The van der Waals surface area contributed by atoms with E-state index in [1.807, 2.05) is 13.8 Å². The normalized spacial score (nSPS) is 14.3. The number of alkyl halides is 3. The molecule has 184 valence electrons. The highest BCUT2D eigenvalue weighted by molar-refractivity contribution is 6.33. The molecule has 0 N–H and O–H groups in total. The molecule has 0 spiro atoms. The third-order valence-corrected chi connectivity index (χ3v) is 6.45. The van der Waals surface area contributed by atoms with Crippen molar-refractivity contribution < 1.29 is 18.0 Å². The van der Waals surface area contributed by atoms with Gasteiger partial charge in [0, 0.05) is 43.9 Å². The SMILES string of the molecule is CCc1nc(C)nc(N2CCN(C(=O)c3ccccc3Cl)CC2)c1Cc1cccc(C(F)(F)F)c1. The molecule has 0 aliphatic carbocycles. The van der Waals surface area contributed by atoms with Gasteiger partial charge in [0.2, 0.25) is 0 Å². The van der Waals surface area contributed by atoms with Crippen LogP contribution in [0.3, 0.4) is 0 Å². The molecule has 9 heteroatoms. The van der Waals surface area contributed by atoms with Crippen molar-refractivity contribution in [2.24, 2.45) is 0 Å². The molecule has 0 saturated carbocycles. The van der Waals surface area contributed by atoms with Crippen LogP contribution in [0.15, 0.2) is 48.5 Å². The number of amides is 1. The molecule has 1 fully saturated rings. The maximum absolute atomic E-state index is 13.3. The van der Waals surface area contributed by atoms with Crippen molar-refractivity contribution in [3.05, 3.63) is 87.3 Å². The fourth-order valence-corrected chi connectivity index (χ4v) is 4.58. The van der Waals surface area contributed by atoms with Gasteiger partial charge in [-0.15, -0.1) is 0 Å². The standard InChI is InChI=1S/C26H26ClF3N4O/c1-3-23-21(16-18-7-6-8-19(15-18)26(28,29)30)24(32-17(2)31-23)33-11-13-34(14-12-33)25(35)20-9-4-5-10-22(20)27/h4-10,15H,3,11-14,16H2,1-2H3. The number of hydrogen-bond donors (Lipinski definition) is 0. The summed E-state index contributed by atoms with van der Waals surface area (Å²) in [5, 5.41) is 0.419. The molecule has 1 aliphatic heterocycles. The Bertz CT molecular complexity index is 1220. The van der Waals surface area contributed by atoms with Crippen molar-refractivity contribution in [3.8, 4) is 0 Å². The Labute approximate surface area is 207 Å². The van der Waals surface area contributed by atoms with Crippen LogP contribution in [0, 0.1) is 6.92 Å². The smallest absolute Gasteiger partial charge is 0.353 e. The Morgan fingerprint density at radius 3 is 2.40 bits per heavy atom. The van der Waals surface area contributed by atoms with Gasteiger partial charge in [0.25, 0.3) is 5.91 Å². The Hall–Kier alpha value is -3.13. The fourth-order valence-electron chi connectivity index (χ4n) is 4.36. The predicted octanol–water partition coefficient (Wildman–Crippen LogP) is 5.57. The summed E-state index contributed by atoms with van der Waals surface area (Å²) in [7, 11) is 0. The van der Waals surface area contributed by atoms with Gasteiger partial charge in [-0.2, -0.15) is 13.2 Å². The van der Waals surface area contributed by atoms with Gasteiger partial charge in [-0.3, -0.25) is 4.79 Å². The summed E-state index contributed by atoms with van der Waals surface area (Å²) in [6.45, 7) is 5.85. The number of hydrogen-bond acceptors (Lipinski definition) is 4. The molecule has 0 radical (unpaired) electrons. The number of anilines is 1. The number of halogens is 4. The van der Waals surface area contributed by atoms with E-state index >= 15 is 0 Å². The van der Waals surface area contributed by atoms with Crippen LogP contribution in [-0.2, 0) is 19.0 Å². The Morgan fingerprint density at radius 2 is 1.74 bits per heavy atom. The molecule has 0 bridgehead atoms. The highest BCUT2D eigenvalue weighted by atomic mass is 35.5. The van der Waals surface area contributed by atoms with Gasteiger partial charge >= 0.3 is 6.18 Å². The molecule has 4 rings (SSSR count). The van der Waals surface area contributed by atoms with Crippen LogP contribution in [0.4, 0.5) is 19.0 Å². The second-order valence-corrected chi connectivity index (χ2v) is 8.91. The highest BCUT2D eigenvalue weighted by Crippen LogP contribution is 2.32. The van der Waals surface area contributed by atoms with E-state index in [0.717, 1.165) is 23.1 Å². The fraction of sp³-hybridized carbons (Fsp3) is 0.346. The summed E-state index contributed by atoms with van der Waals surface area (Å²) in [5.41, 5.74) is 1.99. The Kier molecular flexibility index (Phi) is 7.31. The monoisotopic (exact) mass is 502 g/mol. The van der Waals surface area contributed by atoms with Crippen LogP contribution in [0.25, 0.3) is 0 Å². The van der Waals surface area contributed by atoms with Crippen LogP contribution in [0.2, 0.25) is 5.02 Å². The number of benzene rings is 2. The predicted molar refractivity (Wildman–Crippen MR) is 130 cm³/mol. The molecule has 0 unspecified atom stereocenters. The molecule has 3 aromatic rings. The molecule has 35 heavy (non-hydrogen) atoms. The lowest BCUT2D eigenvalue weighted by Crippen LogP contribution is -2.49. The van der Waals surface area contributed by atoms with Crippen LogP contribution in [0.5, 0.6) is 0 Å². The van der Waals surface area contributed by atoms with Gasteiger partial charge in [0.1, 0.15) is 11.6 Å². The molecule has 1 amide bonds. The third kappa shape index (κ3) is 5.59. The van der Waals surface area contributed by atoms with Crippen LogP contribution in [0.1, 0.15) is 45.5 Å². The molecule has 1 saturated heterocycles. The van der Waals surface area contributed by atoms with E-state index in [4.69, 9.17) is 11.6 Å². The minimum Gasteiger partial charge on any atom is -0.353 e. The second kappa shape index (κ2) is 10.2.